The van der Waals surface area contributed by atoms with Gasteiger partial charge in [0.2, 0.25) is 0 Å². The van der Waals surface area contributed by atoms with Crippen LogP contribution in [0.1, 0.15) is 0 Å². The Hall–Kier alpha value is -2.72. The number of nitrogen functional groups attached to an aromatic ring is 1. The maximum absolute atomic E-state index is 11.2. The number of hydrazine groups is 1. The van der Waals surface area contributed by atoms with E-state index in [1.54, 1.807) is 12.1 Å². The second-order valence-corrected chi connectivity index (χ2v) is 4.97. The van der Waals surface area contributed by atoms with E-state index in [-0.39, 0.29) is 11.4 Å². The molecule has 0 unspecified atom stereocenters. The fourth-order valence-corrected chi connectivity index (χ4v) is 2.82. The Morgan fingerprint density at radius 2 is 2.19 bits per heavy atom. The van der Waals surface area contributed by atoms with Gasteiger partial charge < -0.3 is 10.4 Å². The highest BCUT2D eigenvalue weighted by molar-refractivity contribution is 7.99. The number of para-hydroxylation sites is 1. The van der Waals surface area contributed by atoms with E-state index in [2.05, 4.69) is 25.4 Å². The molecule has 0 aliphatic rings. The number of fused-ring (bicyclic) bond motifs is 1. The van der Waals surface area contributed by atoms with Gasteiger partial charge >= 0.3 is 5.69 Å². The van der Waals surface area contributed by atoms with E-state index in [1.807, 2.05) is 0 Å². The topological polar surface area (TPSA) is 136 Å². The van der Waals surface area contributed by atoms with Crippen LogP contribution in [0.2, 0.25) is 0 Å². The summed E-state index contributed by atoms with van der Waals surface area (Å²) in [6.07, 6.45) is 2.86. The predicted octanol–water partition coefficient (Wildman–Crippen LogP) is 1.70. The molecule has 2 heterocycles. The third-order valence-corrected chi connectivity index (χ3v) is 3.78. The normalized spacial score (nSPS) is 10.7. The molecule has 106 valence electrons. The van der Waals surface area contributed by atoms with Crippen LogP contribution in [0.4, 0.5) is 11.4 Å². The van der Waals surface area contributed by atoms with Gasteiger partial charge in [-0.1, -0.05) is 17.8 Å². The summed E-state index contributed by atoms with van der Waals surface area (Å²) in [4.78, 5) is 26.3. The Labute approximate surface area is 122 Å². The van der Waals surface area contributed by atoms with Crippen molar-refractivity contribution >= 4 is 34.3 Å². The molecule has 0 fully saturated rings. The maximum atomic E-state index is 11.2. The van der Waals surface area contributed by atoms with Crippen LogP contribution in [0.3, 0.4) is 0 Å². The van der Waals surface area contributed by atoms with Crippen LogP contribution in [0, 0.1) is 10.1 Å². The number of aromatic nitrogens is 4. The minimum Gasteiger partial charge on any atom is -0.341 e. The standard InChI is InChI=1S/C11H9N7O2S/c12-17-6-2-1-3-7(9(6)18(19)20)21-11-8-10(14-4-13-8)15-5-16-11/h1-5,17H,12H2,(H,13,14,15,16). The van der Waals surface area contributed by atoms with Crippen molar-refractivity contribution in [2.24, 2.45) is 5.84 Å². The van der Waals surface area contributed by atoms with Crippen molar-refractivity contribution in [3.63, 3.8) is 0 Å². The summed E-state index contributed by atoms with van der Waals surface area (Å²) in [5.74, 6) is 5.32. The highest BCUT2D eigenvalue weighted by atomic mass is 32.2. The van der Waals surface area contributed by atoms with E-state index in [4.69, 9.17) is 5.84 Å². The molecule has 0 atom stereocenters. The van der Waals surface area contributed by atoms with E-state index in [0.717, 1.165) is 11.8 Å². The monoisotopic (exact) mass is 303 g/mol. The van der Waals surface area contributed by atoms with Crippen LogP contribution in [0.5, 0.6) is 0 Å². The number of imidazole rings is 1. The van der Waals surface area contributed by atoms with E-state index < -0.39 is 4.92 Å². The van der Waals surface area contributed by atoms with E-state index in [9.17, 15) is 10.1 Å². The molecule has 0 amide bonds. The van der Waals surface area contributed by atoms with E-state index >= 15 is 0 Å². The summed E-state index contributed by atoms with van der Waals surface area (Å²) in [7, 11) is 0. The van der Waals surface area contributed by atoms with Gasteiger partial charge in [0.05, 0.1) is 16.1 Å². The molecular weight excluding hydrogens is 294 g/mol. The molecule has 10 heteroatoms. The number of H-pyrrole nitrogens is 1. The molecule has 4 N–H and O–H groups in total. The minimum atomic E-state index is -0.483. The van der Waals surface area contributed by atoms with E-state index in [1.165, 1.54) is 18.7 Å². The van der Waals surface area contributed by atoms with Crippen LogP contribution >= 0.6 is 11.8 Å². The molecule has 0 aliphatic heterocycles. The summed E-state index contributed by atoms with van der Waals surface area (Å²) >= 11 is 1.15. The van der Waals surface area contributed by atoms with Gasteiger partial charge in [-0.25, -0.2) is 15.0 Å². The summed E-state index contributed by atoms with van der Waals surface area (Å²) in [5, 5.41) is 11.8. The molecule has 1 aromatic carbocycles. The Morgan fingerprint density at radius 1 is 1.33 bits per heavy atom. The van der Waals surface area contributed by atoms with Crippen LogP contribution in [-0.4, -0.2) is 24.9 Å². The highest BCUT2D eigenvalue weighted by Crippen LogP contribution is 2.39. The van der Waals surface area contributed by atoms with Crippen molar-refractivity contribution in [3.05, 3.63) is 41.0 Å². The maximum Gasteiger partial charge on any atom is 0.307 e. The Balaban J connectivity index is 2.10. The zero-order chi connectivity index (χ0) is 14.8. The van der Waals surface area contributed by atoms with Gasteiger partial charge in [-0.15, -0.1) is 0 Å². The second-order valence-electron chi connectivity index (χ2n) is 3.94. The molecule has 0 spiro atoms. The molecule has 21 heavy (non-hydrogen) atoms. The lowest BCUT2D eigenvalue weighted by molar-refractivity contribution is -0.386. The summed E-state index contributed by atoms with van der Waals surface area (Å²) in [6.45, 7) is 0. The lowest BCUT2D eigenvalue weighted by Gasteiger charge is -2.06. The number of nitrogens with two attached hydrogens (primary N) is 1. The van der Waals surface area contributed by atoms with Crippen molar-refractivity contribution in [2.75, 3.05) is 5.43 Å². The summed E-state index contributed by atoms with van der Waals surface area (Å²) in [6, 6.07) is 4.85. The van der Waals surface area contributed by atoms with Crippen LogP contribution in [0.15, 0.2) is 40.8 Å². The van der Waals surface area contributed by atoms with Crippen LogP contribution in [-0.2, 0) is 0 Å². The molecule has 0 aliphatic carbocycles. The van der Waals surface area contributed by atoms with Crippen molar-refractivity contribution < 1.29 is 4.92 Å². The number of nitrogens with one attached hydrogen (secondary N) is 2. The summed E-state index contributed by atoms with van der Waals surface area (Å²) in [5.41, 5.74) is 3.59. The number of rotatable bonds is 4. The van der Waals surface area contributed by atoms with Gasteiger partial charge in [-0.2, -0.15) is 0 Å². The van der Waals surface area contributed by atoms with Crippen molar-refractivity contribution in [3.8, 4) is 0 Å². The smallest absolute Gasteiger partial charge is 0.307 e. The van der Waals surface area contributed by atoms with Gasteiger partial charge in [0, 0.05) is 0 Å². The first-order valence-electron chi connectivity index (χ1n) is 5.76. The van der Waals surface area contributed by atoms with Gasteiger partial charge in [0.1, 0.15) is 22.6 Å². The number of hydrogen-bond donors (Lipinski definition) is 3. The minimum absolute atomic E-state index is 0.101. The number of benzene rings is 1. The average Bonchev–Trinajstić information content (AvgIpc) is 2.96. The van der Waals surface area contributed by atoms with Crippen molar-refractivity contribution in [1.29, 1.82) is 0 Å². The SMILES string of the molecule is NNc1cccc(Sc2ncnc3nc[nH]c23)c1[N+](=O)[O-]. The molecule has 0 saturated carbocycles. The average molecular weight is 303 g/mol. The third-order valence-electron chi connectivity index (χ3n) is 2.73. The van der Waals surface area contributed by atoms with Crippen LogP contribution in [0.25, 0.3) is 11.2 Å². The van der Waals surface area contributed by atoms with Crippen molar-refractivity contribution in [2.45, 2.75) is 9.92 Å². The lowest BCUT2D eigenvalue weighted by atomic mass is 10.3. The number of nitro groups is 1. The highest BCUT2D eigenvalue weighted by Gasteiger charge is 2.21. The Kier molecular flexibility index (Phi) is 3.38. The quantitative estimate of drug-likeness (QED) is 0.287. The molecule has 9 nitrogen and oxygen atoms in total. The molecule has 3 rings (SSSR count). The molecule has 2 aromatic heterocycles. The number of anilines is 1. The number of nitrogens with zero attached hydrogens (tertiary/aromatic N) is 4. The third kappa shape index (κ3) is 2.37. The van der Waals surface area contributed by atoms with Gasteiger partial charge in [0.15, 0.2) is 5.65 Å². The zero-order valence-electron chi connectivity index (χ0n) is 10.5. The number of aromatic amines is 1. The lowest BCUT2D eigenvalue weighted by Crippen LogP contribution is -2.09. The van der Waals surface area contributed by atoms with Gasteiger partial charge in [-0.3, -0.25) is 16.0 Å². The van der Waals surface area contributed by atoms with Gasteiger partial charge in [-0.05, 0) is 12.1 Å². The molecule has 0 saturated heterocycles. The Bertz CT molecular complexity index is 819. The molecular formula is C11H9N7O2S. The first-order valence-corrected chi connectivity index (χ1v) is 6.58. The fraction of sp³-hybridized carbons (Fsp3) is 0. The Morgan fingerprint density at radius 3 is 2.95 bits per heavy atom. The fourth-order valence-electron chi connectivity index (χ4n) is 1.83. The summed E-state index contributed by atoms with van der Waals surface area (Å²) < 4.78 is 0. The van der Waals surface area contributed by atoms with E-state index in [0.29, 0.717) is 21.1 Å². The van der Waals surface area contributed by atoms with Crippen LogP contribution < -0.4 is 11.3 Å². The number of nitro benzene ring substituents is 1. The predicted molar refractivity (Wildman–Crippen MR) is 76.7 cm³/mol. The van der Waals surface area contributed by atoms with Crippen molar-refractivity contribution in [1.82, 2.24) is 19.9 Å². The first-order chi connectivity index (χ1) is 10.2. The zero-order valence-corrected chi connectivity index (χ0v) is 11.3. The molecule has 0 bridgehead atoms. The molecule has 3 aromatic rings. The number of hydrogen-bond acceptors (Lipinski definition) is 8. The second kappa shape index (κ2) is 5.34. The largest absolute Gasteiger partial charge is 0.341 e. The van der Waals surface area contributed by atoms with Gasteiger partial charge in [0.25, 0.3) is 0 Å². The molecule has 0 radical (unpaired) electrons. The first kappa shape index (κ1) is 13.3.